The molecule has 0 bridgehead atoms. The zero-order valence-corrected chi connectivity index (χ0v) is 8.42. The van der Waals surface area contributed by atoms with E-state index >= 15 is 0 Å². The largest absolute Gasteiger partial charge is 0.293 e. The molecule has 0 heterocycles. The van der Waals surface area contributed by atoms with E-state index in [1.165, 1.54) is 25.7 Å². The van der Waals surface area contributed by atoms with Crippen molar-refractivity contribution in [1.29, 1.82) is 5.26 Å². The predicted molar refractivity (Wildman–Crippen MR) is 54.3 cm³/mol. The Bertz CT molecular complexity index is 213. The fraction of sp³-hybridized carbons (Fsp3) is 0.727. The van der Waals surface area contributed by atoms with E-state index in [2.05, 4.69) is 17.0 Å². The topological polar surface area (TPSA) is 27.0 Å². The van der Waals surface area contributed by atoms with Gasteiger partial charge in [0.1, 0.15) is 0 Å². The first-order chi connectivity index (χ1) is 6.33. The Kier molecular flexibility index (Phi) is 4.56. The molecule has 0 fully saturated rings. The standard InChI is InChI=1S/C11H18N2/c1-13(10-8-12)9-7-11-5-3-2-4-6-11/h5H,2-4,6-7,9-10H2,1H3. The molecule has 0 saturated heterocycles. The van der Waals surface area contributed by atoms with Crippen molar-refractivity contribution in [1.82, 2.24) is 4.90 Å². The molecule has 0 saturated carbocycles. The van der Waals surface area contributed by atoms with Crippen LogP contribution in [0.1, 0.15) is 32.1 Å². The van der Waals surface area contributed by atoms with Gasteiger partial charge in [-0.2, -0.15) is 5.26 Å². The molecule has 0 atom stereocenters. The highest BCUT2D eigenvalue weighted by Crippen LogP contribution is 2.19. The van der Waals surface area contributed by atoms with Crippen molar-refractivity contribution in [3.05, 3.63) is 11.6 Å². The number of allylic oxidation sites excluding steroid dienone is 1. The second kappa shape index (κ2) is 5.77. The Labute approximate surface area is 80.8 Å². The quantitative estimate of drug-likeness (QED) is 0.488. The Morgan fingerprint density at radius 2 is 2.38 bits per heavy atom. The average Bonchev–Trinajstić information content (AvgIpc) is 2.17. The summed E-state index contributed by atoms with van der Waals surface area (Å²) >= 11 is 0. The van der Waals surface area contributed by atoms with Crippen molar-refractivity contribution in [2.45, 2.75) is 32.1 Å². The second-order valence-corrected chi connectivity index (χ2v) is 3.75. The minimum atomic E-state index is 0.549. The molecular weight excluding hydrogens is 160 g/mol. The van der Waals surface area contributed by atoms with Gasteiger partial charge in [-0.05, 0) is 39.2 Å². The molecule has 0 N–H and O–H groups in total. The van der Waals surface area contributed by atoms with Crippen molar-refractivity contribution in [2.24, 2.45) is 0 Å². The normalized spacial score (nSPS) is 16.8. The lowest BCUT2D eigenvalue weighted by Crippen LogP contribution is -2.20. The number of hydrogen-bond acceptors (Lipinski definition) is 2. The van der Waals surface area contributed by atoms with Gasteiger partial charge >= 0.3 is 0 Å². The summed E-state index contributed by atoms with van der Waals surface area (Å²) in [5, 5.41) is 8.47. The van der Waals surface area contributed by atoms with Crippen LogP contribution in [-0.2, 0) is 0 Å². The number of nitrogens with zero attached hydrogens (tertiary/aromatic N) is 2. The van der Waals surface area contributed by atoms with Crippen LogP contribution >= 0.6 is 0 Å². The van der Waals surface area contributed by atoms with Crippen LogP contribution in [-0.4, -0.2) is 25.0 Å². The van der Waals surface area contributed by atoms with Crippen molar-refractivity contribution in [2.75, 3.05) is 20.1 Å². The van der Waals surface area contributed by atoms with Crippen LogP contribution in [0.3, 0.4) is 0 Å². The van der Waals surface area contributed by atoms with Crippen LogP contribution in [0.2, 0.25) is 0 Å². The average molecular weight is 178 g/mol. The van der Waals surface area contributed by atoms with Gasteiger partial charge in [0.05, 0.1) is 12.6 Å². The van der Waals surface area contributed by atoms with E-state index in [9.17, 15) is 0 Å². The van der Waals surface area contributed by atoms with Crippen molar-refractivity contribution in [3.63, 3.8) is 0 Å². The van der Waals surface area contributed by atoms with Crippen LogP contribution < -0.4 is 0 Å². The molecule has 0 amide bonds. The first-order valence-electron chi connectivity index (χ1n) is 5.06. The third-order valence-electron chi connectivity index (χ3n) is 2.54. The van der Waals surface area contributed by atoms with Crippen molar-refractivity contribution >= 4 is 0 Å². The Morgan fingerprint density at radius 3 is 3.00 bits per heavy atom. The highest BCUT2D eigenvalue weighted by molar-refractivity contribution is 5.05. The van der Waals surface area contributed by atoms with Gasteiger partial charge in [-0.1, -0.05) is 11.6 Å². The van der Waals surface area contributed by atoms with E-state index in [1.807, 2.05) is 7.05 Å². The van der Waals surface area contributed by atoms with Gasteiger partial charge in [0.25, 0.3) is 0 Å². The maximum Gasteiger partial charge on any atom is 0.0863 e. The number of hydrogen-bond donors (Lipinski definition) is 0. The summed E-state index contributed by atoms with van der Waals surface area (Å²) in [5.41, 5.74) is 1.59. The predicted octanol–water partition coefficient (Wildman–Crippen LogP) is 2.33. The molecule has 0 aromatic heterocycles. The summed E-state index contributed by atoms with van der Waals surface area (Å²) in [5.74, 6) is 0. The molecular formula is C11H18N2. The molecule has 2 heteroatoms. The maximum atomic E-state index is 8.47. The molecule has 0 radical (unpaired) electrons. The fourth-order valence-corrected chi connectivity index (χ4v) is 1.67. The molecule has 0 aromatic rings. The van der Waals surface area contributed by atoms with E-state index in [0.717, 1.165) is 13.0 Å². The summed E-state index contributed by atoms with van der Waals surface area (Å²) in [7, 11) is 2.01. The smallest absolute Gasteiger partial charge is 0.0863 e. The summed E-state index contributed by atoms with van der Waals surface area (Å²) in [4.78, 5) is 2.08. The minimum absolute atomic E-state index is 0.549. The van der Waals surface area contributed by atoms with Crippen LogP contribution in [0, 0.1) is 11.3 Å². The lowest BCUT2D eigenvalue weighted by Gasteiger charge is -2.16. The van der Waals surface area contributed by atoms with E-state index < -0.39 is 0 Å². The first kappa shape index (κ1) is 10.3. The molecule has 0 spiro atoms. The lowest BCUT2D eigenvalue weighted by atomic mass is 9.97. The fourth-order valence-electron chi connectivity index (χ4n) is 1.67. The number of nitriles is 1. The molecule has 13 heavy (non-hydrogen) atoms. The Hall–Kier alpha value is -0.810. The SMILES string of the molecule is CN(CC#N)CCC1=CCCCC1. The summed E-state index contributed by atoms with van der Waals surface area (Å²) in [6, 6.07) is 2.16. The third kappa shape index (κ3) is 4.10. The van der Waals surface area contributed by atoms with Gasteiger partial charge in [-0.25, -0.2) is 0 Å². The van der Waals surface area contributed by atoms with Crippen LogP contribution in [0.5, 0.6) is 0 Å². The molecule has 0 unspecified atom stereocenters. The molecule has 1 rings (SSSR count). The van der Waals surface area contributed by atoms with Crippen molar-refractivity contribution < 1.29 is 0 Å². The zero-order valence-electron chi connectivity index (χ0n) is 8.42. The van der Waals surface area contributed by atoms with Gasteiger partial charge in [-0.15, -0.1) is 0 Å². The molecule has 1 aliphatic carbocycles. The highest BCUT2D eigenvalue weighted by Gasteiger charge is 2.04. The van der Waals surface area contributed by atoms with Gasteiger partial charge < -0.3 is 0 Å². The highest BCUT2D eigenvalue weighted by atomic mass is 15.1. The molecule has 1 aliphatic rings. The van der Waals surface area contributed by atoms with E-state index in [4.69, 9.17) is 5.26 Å². The Morgan fingerprint density at radius 1 is 1.54 bits per heavy atom. The first-order valence-corrected chi connectivity index (χ1v) is 5.06. The third-order valence-corrected chi connectivity index (χ3v) is 2.54. The zero-order chi connectivity index (χ0) is 9.52. The second-order valence-electron chi connectivity index (χ2n) is 3.75. The van der Waals surface area contributed by atoms with Gasteiger partial charge in [0.15, 0.2) is 0 Å². The van der Waals surface area contributed by atoms with Crippen LogP contribution in [0.4, 0.5) is 0 Å². The molecule has 2 nitrogen and oxygen atoms in total. The van der Waals surface area contributed by atoms with E-state index in [0.29, 0.717) is 6.54 Å². The number of rotatable bonds is 4. The van der Waals surface area contributed by atoms with E-state index in [-0.39, 0.29) is 0 Å². The van der Waals surface area contributed by atoms with Gasteiger partial charge in [0.2, 0.25) is 0 Å². The van der Waals surface area contributed by atoms with Crippen LogP contribution in [0.25, 0.3) is 0 Å². The lowest BCUT2D eigenvalue weighted by molar-refractivity contribution is 0.375. The van der Waals surface area contributed by atoms with E-state index in [1.54, 1.807) is 5.57 Å². The summed E-state index contributed by atoms with van der Waals surface area (Å²) in [6.45, 7) is 1.58. The Balaban J connectivity index is 2.18. The van der Waals surface area contributed by atoms with Gasteiger partial charge in [-0.3, -0.25) is 4.90 Å². The van der Waals surface area contributed by atoms with Gasteiger partial charge in [0, 0.05) is 6.54 Å². The maximum absolute atomic E-state index is 8.47. The van der Waals surface area contributed by atoms with Crippen LogP contribution in [0.15, 0.2) is 11.6 Å². The molecule has 72 valence electrons. The molecule has 0 aliphatic heterocycles. The summed E-state index contributed by atoms with van der Waals surface area (Å²) < 4.78 is 0. The monoisotopic (exact) mass is 178 g/mol. The summed E-state index contributed by atoms with van der Waals surface area (Å²) in [6.07, 6.45) is 8.78. The molecule has 0 aromatic carbocycles. The minimum Gasteiger partial charge on any atom is -0.293 e. The van der Waals surface area contributed by atoms with Crippen molar-refractivity contribution in [3.8, 4) is 6.07 Å².